The molecule has 0 atom stereocenters. The monoisotopic (exact) mass is 384 g/mol. The van der Waals surface area contributed by atoms with Crippen LogP contribution in [0.25, 0.3) is 0 Å². The van der Waals surface area contributed by atoms with Crippen molar-refractivity contribution in [3.8, 4) is 0 Å². The third kappa shape index (κ3) is 5.27. The number of esters is 1. The molecule has 27 heavy (non-hydrogen) atoms. The molecule has 0 saturated carbocycles. The summed E-state index contributed by atoms with van der Waals surface area (Å²) in [5.41, 5.74) is -0.917. The maximum absolute atomic E-state index is 13.4. The van der Waals surface area contributed by atoms with Crippen molar-refractivity contribution in [1.82, 2.24) is 5.32 Å². The van der Waals surface area contributed by atoms with Gasteiger partial charge in [0.1, 0.15) is 12.4 Å². The van der Waals surface area contributed by atoms with Crippen LogP contribution in [-0.4, -0.2) is 30.9 Å². The predicted octanol–water partition coefficient (Wildman–Crippen LogP) is 2.15. The van der Waals surface area contributed by atoms with Gasteiger partial charge in [0.15, 0.2) is 24.1 Å². The van der Waals surface area contributed by atoms with E-state index in [0.717, 1.165) is 12.1 Å². The molecule has 6 nitrogen and oxygen atoms in total. The summed E-state index contributed by atoms with van der Waals surface area (Å²) < 4.78 is 57.2. The molecular formula is C17H12F4N2O4. The maximum atomic E-state index is 13.4. The van der Waals surface area contributed by atoms with E-state index in [1.165, 1.54) is 18.2 Å². The zero-order valence-electron chi connectivity index (χ0n) is 13.5. The minimum absolute atomic E-state index is 0.281. The van der Waals surface area contributed by atoms with Crippen molar-refractivity contribution in [1.29, 1.82) is 0 Å². The van der Waals surface area contributed by atoms with Gasteiger partial charge in [-0.15, -0.1) is 0 Å². The van der Waals surface area contributed by atoms with Crippen LogP contribution in [-0.2, 0) is 14.3 Å². The number of amides is 2. The number of nitrogens with one attached hydrogen (secondary N) is 2. The van der Waals surface area contributed by atoms with Crippen molar-refractivity contribution in [2.24, 2.45) is 0 Å². The lowest BCUT2D eigenvalue weighted by Crippen LogP contribution is -2.32. The first kappa shape index (κ1) is 19.9. The zero-order valence-corrected chi connectivity index (χ0v) is 13.5. The van der Waals surface area contributed by atoms with E-state index in [2.05, 4.69) is 10.1 Å². The Morgan fingerprint density at radius 1 is 0.889 bits per heavy atom. The molecule has 2 aromatic carbocycles. The number of hydrogen-bond donors (Lipinski definition) is 2. The van der Waals surface area contributed by atoms with E-state index in [9.17, 15) is 31.9 Å². The summed E-state index contributed by atoms with van der Waals surface area (Å²) in [6, 6.07) is 6.49. The fraction of sp³-hybridized carbons (Fsp3) is 0.118. The second-order valence-electron chi connectivity index (χ2n) is 5.09. The number of carbonyl (C=O) groups excluding carboxylic acids is 3. The normalized spacial score (nSPS) is 10.2. The Balaban J connectivity index is 1.80. The third-order valence-corrected chi connectivity index (χ3v) is 3.19. The van der Waals surface area contributed by atoms with Gasteiger partial charge in [-0.2, -0.15) is 0 Å². The average Bonchev–Trinajstić information content (AvgIpc) is 2.65. The van der Waals surface area contributed by atoms with Crippen molar-refractivity contribution in [3.05, 3.63) is 65.2 Å². The number of rotatable bonds is 6. The first-order valence-electron chi connectivity index (χ1n) is 7.41. The van der Waals surface area contributed by atoms with Crippen molar-refractivity contribution in [2.45, 2.75) is 0 Å². The summed E-state index contributed by atoms with van der Waals surface area (Å²) in [5, 5.41) is 4.00. The molecular weight excluding hydrogens is 372 g/mol. The molecule has 2 amide bonds. The van der Waals surface area contributed by atoms with Gasteiger partial charge in [0.05, 0.1) is 11.3 Å². The molecule has 142 valence electrons. The molecule has 0 heterocycles. The van der Waals surface area contributed by atoms with E-state index in [4.69, 9.17) is 0 Å². The molecule has 0 aliphatic rings. The molecule has 2 rings (SSSR count). The molecule has 0 aromatic heterocycles. The number of benzene rings is 2. The Labute approximate surface area is 150 Å². The lowest BCUT2D eigenvalue weighted by molar-refractivity contribution is -0.146. The molecule has 0 aliphatic carbocycles. The zero-order chi connectivity index (χ0) is 20.0. The highest BCUT2D eigenvalue weighted by Gasteiger charge is 2.17. The van der Waals surface area contributed by atoms with E-state index >= 15 is 0 Å². The largest absolute Gasteiger partial charge is 0.454 e. The Hall–Kier alpha value is -3.43. The highest BCUT2D eigenvalue weighted by Crippen LogP contribution is 2.19. The highest BCUT2D eigenvalue weighted by atomic mass is 19.2. The van der Waals surface area contributed by atoms with Crippen LogP contribution in [0.5, 0.6) is 0 Å². The van der Waals surface area contributed by atoms with Gasteiger partial charge in [-0.1, -0.05) is 12.1 Å². The lowest BCUT2D eigenvalue weighted by Gasteiger charge is -2.09. The summed E-state index contributed by atoms with van der Waals surface area (Å²) in [6.07, 6.45) is 0. The van der Waals surface area contributed by atoms with E-state index in [1.807, 2.05) is 5.32 Å². The van der Waals surface area contributed by atoms with Crippen LogP contribution in [0.3, 0.4) is 0 Å². The molecule has 0 unspecified atom stereocenters. The van der Waals surface area contributed by atoms with Crippen molar-refractivity contribution in [2.75, 3.05) is 18.5 Å². The van der Waals surface area contributed by atoms with E-state index in [-0.39, 0.29) is 5.56 Å². The minimum Gasteiger partial charge on any atom is -0.454 e. The minimum atomic E-state index is -1.76. The van der Waals surface area contributed by atoms with Gasteiger partial charge in [0.25, 0.3) is 11.8 Å². The number of hydrogen-bond acceptors (Lipinski definition) is 4. The van der Waals surface area contributed by atoms with Crippen LogP contribution >= 0.6 is 0 Å². The number of carbonyl (C=O) groups is 3. The van der Waals surface area contributed by atoms with Gasteiger partial charge in [-0.25, -0.2) is 17.6 Å². The van der Waals surface area contributed by atoms with Crippen LogP contribution in [0.2, 0.25) is 0 Å². The Bertz CT molecular complexity index is 889. The molecule has 0 fully saturated rings. The number of ether oxygens (including phenoxy) is 1. The van der Waals surface area contributed by atoms with Crippen molar-refractivity contribution < 1.29 is 36.7 Å². The van der Waals surface area contributed by atoms with E-state index < -0.39 is 59.9 Å². The number of halogens is 4. The molecule has 0 aliphatic heterocycles. The topological polar surface area (TPSA) is 84.5 Å². The quantitative estimate of drug-likeness (QED) is 0.454. The highest BCUT2D eigenvalue weighted by molar-refractivity contribution is 5.96. The van der Waals surface area contributed by atoms with Crippen LogP contribution in [0.1, 0.15) is 10.4 Å². The average molecular weight is 384 g/mol. The van der Waals surface area contributed by atoms with E-state index in [1.54, 1.807) is 0 Å². The molecule has 2 N–H and O–H groups in total. The molecule has 0 radical (unpaired) electrons. The lowest BCUT2D eigenvalue weighted by atomic mass is 10.2. The van der Waals surface area contributed by atoms with Crippen molar-refractivity contribution >= 4 is 23.5 Å². The standard InChI is InChI=1S/C17H12F4N2O4/c18-10-4-2-1-3-9(10)17(26)22-7-14(25)27-8-13(24)23-12-6-5-11(19)15(20)16(12)21/h1-6H,7-8H2,(H,22,26)(H,23,24). The van der Waals surface area contributed by atoms with Gasteiger partial charge >= 0.3 is 5.97 Å². The maximum Gasteiger partial charge on any atom is 0.325 e. The molecule has 0 spiro atoms. The van der Waals surface area contributed by atoms with Crippen LogP contribution < -0.4 is 10.6 Å². The Morgan fingerprint density at radius 3 is 2.30 bits per heavy atom. The second-order valence-corrected chi connectivity index (χ2v) is 5.09. The fourth-order valence-corrected chi connectivity index (χ4v) is 1.90. The summed E-state index contributed by atoms with van der Waals surface area (Å²) in [6.45, 7) is -1.52. The number of anilines is 1. The molecule has 10 heteroatoms. The molecule has 0 saturated heterocycles. The Morgan fingerprint density at radius 2 is 1.59 bits per heavy atom. The van der Waals surface area contributed by atoms with Gasteiger partial charge < -0.3 is 15.4 Å². The van der Waals surface area contributed by atoms with Crippen LogP contribution in [0, 0.1) is 23.3 Å². The Kier molecular flexibility index (Phi) is 6.47. The smallest absolute Gasteiger partial charge is 0.325 e. The summed E-state index contributed by atoms with van der Waals surface area (Å²) >= 11 is 0. The predicted molar refractivity (Wildman–Crippen MR) is 84.6 cm³/mol. The van der Waals surface area contributed by atoms with Crippen LogP contribution in [0.4, 0.5) is 23.2 Å². The summed E-state index contributed by atoms with van der Waals surface area (Å²) in [7, 11) is 0. The third-order valence-electron chi connectivity index (χ3n) is 3.19. The van der Waals surface area contributed by atoms with Gasteiger partial charge in [0, 0.05) is 0 Å². The van der Waals surface area contributed by atoms with E-state index in [0.29, 0.717) is 6.07 Å². The first-order valence-corrected chi connectivity index (χ1v) is 7.41. The van der Waals surface area contributed by atoms with Crippen molar-refractivity contribution in [3.63, 3.8) is 0 Å². The van der Waals surface area contributed by atoms with Gasteiger partial charge in [-0.05, 0) is 24.3 Å². The SMILES string of the molecule is O=C(COC(=O)CNC(=O)c1ccccc1F)Nc1ccc(F)c(F)c1F. The first-order chi connectivity index (χ1) is 12.8. The fourth-order valence-electron chi connectivity index (χ4n) is 1.90. The second kappa shape index (κ2) is 8.79. The summed E-state index contributed by atoms with van der Waals surface area (Å²) in [4.78, 5) is 34.8. The van der Waals surface area contributed by atoms with Crippen LogP contribution in [0.15, 0.2) is 36.4 Å². The van der Waals surface area contributed by atoms with Gasteiger partial charge in [-0.3, -0.25) is 14.4 Å². The molecule has 2 aromatic rings. The van der Waals surface area contributed by atoms with Gasteiger partial charge in [0.2, 0.25) is 0 Å². The molecule has 0 bridgehead atoms. The summed E-state index contributed by atoms with van der Waals surface area (Å²) in [5.74, 6) is -8.49.